The van der Waals surface area contributed by atoms with Crippen molar-refractivity contribution in [3.8, 4) is 0 Å². The molecule has 0 atom stereocenters. The fourth-order valence-electron chi connectivity index (χ4n) is 1.78. The van der Waals surface area contributed by atoms with E-state index in [1.165, 1.54) is 12.1 Å². The highest BCUT2D eigenvalue weighted by Gasteiger charge is 2.16. The Morgan fingerprint density at radius 1 is 1.23 bits per heavy atom. The maximum absolute atomic E-state index is 13.6. The number of anilines is 1. The first-order valence-electron chi connectivity index (χ1n) is 6.05. The van der Waals surface area contributed by atoms with Gasteiger partial charge in [-0.2, -0.15) is 0 Å². The Bertz CT molecular complexity index is 733. The number of nitrogens with zero attached hydrogens (tertiary/aromatic N) is 1. The second kappa shape index (κ2) is 6.48. The SMILES string of the molecule is O=C(Cc1c(F)cccc1Cl)Nc1cc([N+](=O)[O-])ccc1F. The number of non-ortho nitro benzene ring substituents is 1. The number of nitro benzene ring substituents is 1. The van der Waals surface area contributed by atoms with Gasteiger partial charge in [-0.15, -0.1) is 0 Å². The van der Waals surface area contributed by atoms with Crippen LogP contribution in [0.15, 0.2) is 36.4 Å². The molecule has 0 heterocycles. The van der Waals surface area contributed by atoms with E-state index in [9.17, 15) is 23.7 Å². The fraction of sp³-hybridized carbons (Fsp3) is 0.0714. The molecule has 0 bridgehead atoms. The summed E-state index contributed by atoms with van der Waals surface area (Å²) < 4.78 is 27.1. The zero-order valence-corrected chi connectivity index (χ0v) is 11.7. The van der Waals surface area contributed by atoms with Gasteiger partial charge < -0.3 is 5.32 Å². The van der Waals surface area contributed by atoms with E-state index in [1.807, 2.05) is 0 Å². The number of halogens is 3. The quantitative estimate of drug-likeness (QED) is 0.687. The second-order valence-electron chi connectivity index (χ2n) is 4.35. The average Bonchev–Trinajstić information content (AvgIpc) is 2.45. The number of nitrogens with one attached hydrogen (secondary N) is 1. The third kappa shape index (κ3) is 3.56. The van der Waals surface area contributed by atoms with Crippen LogP contribution in [-0.4, -0.2) is 10.8 Å². The molecule has 114 valence electrons. The molecule has 22 heavy (non-hydrogen) atoms. The van der Waals surface area contributed by atoms with Gasteiger partial charge in [0.1, 0.15) is 11.6 Å². The molecular formula is C14H9ClF2N2O3. The summed E-state index contributed by atoms with van der Waals surface area (Å²) in [5, 5.41) is 12.9. The minimum absolute atomic E-state index is 0.0347. The Morgan fingerprint density at radius 3 is 2.59 bits per heavy atom. The molecule has 0 spiro atoms. The molecule has 0 aliphatic heterocycles. The number of benzene rings is 2. The molecule has 0 unspecified atom stereocenters. The van der Waals surface area contributed by atoms with Crippen molar-refractivity contribution in [3.63, 3.8) is 0 Å². The van der Waals surface area contributed by atoms with E-state index < -0.39 is 28.9 Å². The number of amides is 1. The maximum Gasteiger partial charge on any atom is 0.271 e. The molecule has 0 saturated carbocycles. The normalized spacial score (nSPS) is 10.3. The van der Waals surface area contributed by atoms with Crippen molar-refractivity contribution < 1.29 is 18.5 Å². The zero-order valence-electron chi connectivity index (χ0n) is 11.0. The molecule has 0 radical (unpaired) electrons. The first kappa shape index (κ1) is 15.8. The molecule has 8 heteroatoms. The smallest absolute Gasteiger partial charge is 0.271 e. The third-order valence-corrected chi connectivity index (χ3v) is 3.19. The predicted molar refractivity (Wildman–Crippen MR) is 76.8 cm³/mol. The fourth-order valence-corrected chi connectivity index (χ4v) is 2.01. The Kier molecular flexibility index (Phi) is 4.67. The van der Waals surface area contributed by atoms with E-state index in [0.717, 1.165) is 24.3 Å². The van der Waals surface area contributed by atoms with Crippen molar-refractivity contribution in [1.29, 1.82) is 0 Å². The van der Waals surface area contributed by atoms with Crippen LogP contribution < -0.4 is 5.32 Å². The van der Waals surface area contributed by atoms with Gasteiger partial charge in [-0.25, -0.2) is 8.78 Å². The van der Waals surface area contributed by atoms with E-state index in [-0.39, 0.29) is 22.0 Å². The van der Waals surface area contributed by atoms with Gasteiger partial charge in [0.2, 0.25) is 5.91 Å². The van der Waals surface area contributed by atoms with Crippen LogP contribution in [-0.2, 0) is 11.2 Å². The van der Waals surface area contributed by atoms with Gasteiger partial charge in [0.25, 0.3) is 5.69 Å². The lowest BCUT2D eigenvalue weighted by Crippen LogP contribution is -2.16. The van der Waals surface area contributed by atoms with E-state index in [4.69, 9.17) is 11.6 Å². The van der Waals surface area contributed by atoms with Crippen LogP contribution in [0.1, 0.15) is 5.56 Å². The van der Waals surface area contributed by atoms with Gasteiger partial charge in [0, 0.05) is 22.7 Å². The number of nitro groups is 1. The molecule has 0 aliphatic rings. The molecule has 0 saturated heterocycles. The minimum atomic E-state index is -0.835. The summed E-state index contributed by atoms with van der Waals surface area (Å²) in [4.78, 5) is 21.8. The summed E-state index contributed by atoms with van der Waals surface area (Å²) in [5.41, 5.74) is -0.764. The van der Waals surface area contributed by atoms with Crippen LogP contribution in [0.2, 0.25) is 5.02 Å². The van der Waals surface area contributed by atoms with Gasteiger partial charge in [-0.3, -0.25) is 14.9 Å². The minimum Gasteiger partial charge on any atom is -0.323 e. The first-order chi connectivity index (χ1) is 10.4. The Hall–Kier alpha value is -2.54. The van der Waals surface area contributed by atoms with E-state index in [1.54, 1.807) is 0 Å². The lowest BCUT2D eigenvalue weighted by Gasteiger charge is -2.08. The van der Waals surface area contributed by atoms with Gasteiger partial charge in [0.05, 0.1) is 17.0 Å². The standard InChI is InChI=1S/C14H9ClF2N2O3/c15-10-2-1-3-11(16)9(10)7-14(20)18-13-6-8(19(21)22)4-5-12(13)17/h1-6H,7H2,(H,18,20). The number of hydrogen-bond donors (Lipinski definition) is 1. The van der Waals surface area contributed by atoms with Crippen molar-refractivity contribution >= 4 is 28.9 Å². The summed E-state index contributed by atoms with van der Waals surface area (Å²) >= 11 is 5.79. The molecule has 0 aliphatic carbocycles. The van der Waals surface area contributed by atoms with Crippen molar-refractivity contribution in [2.24, 2.45) is 0 Å². The average molecular weight is 327 g/mol. The molecule has 1 N–H and O–H groups in total. The monoisotopic (exact) mass is 326 g/mol. The maximum atomic E-state index is 13.6. The molecule has 2 rings (SSSR count). The summed E-state index contributed by atoms with van der Waals surface area (Å²) in [6.45, 7) is 0. The van der Waals surface area contributed by atoms with Gasteiger partial charge in [-0.05, 0) is 18.2 Å². The van der Waals surface area contributed by atoms with Crippen molar-refractivity contribution in [2.45, 2.75) is 6.42 Å². The van der Waals surface area contributed by atoms with E-state index in [2.05, 4.69) is 5.32 Å². The van der Waals surface area contributed by atoms with Gasteiger partial charge in [0.15, 0.2) is 0 Å². The lowest BCUT2D eigenvalue weighted by molar-refractivity contribution is -0.384. The summed E-state index contributed by atoms with van der Waals surface area (Å²) in [7, 11) is 0. The highest BCUT2D eigenvalue weighted by molar-refractivity contribution is 6.31. The Morgan fingerprint density at radius 2 is 1.95 bits per heavy atom. The molecule has 2 aromatic rings. The number of carbonyl (C=O) groups is 1. The molecule has 2 aromatic carbocycles. The highest BCUT2D eigenvalue weighted by atomic mass is 35.5. The summed E-state index contributed by atoms with van der Waals surface area (Å²) in [5.74, 6) is -2.24. The Balaban J connectivity index is 2.19. The van der Waals surface area contributed by atoms with Crippen molar-refractivity contribution in [1.82, 2.24) is 0 Å². The lowest BCUT2D eigenvalue weighted by atomic mass is 10.1. The first-order valence-corrected chi connectivity index (χ1v) is 6.43. The number of hydrogen-bond acceptors (Lipinski definition) is 3. The molecule has 1 amide bonds. The van der Waals surface area contributed by atoms with E-state index >= 15 is 0 Å². The topological polar surface area (TPSA) is 72.2 Å². The van der Waals surface area contributed by atoms with Crippen LogP contribution in [0.3, 0.4) is 0 Å². The van der Waals surface area contributed by atoms with Gasteiger partial charge in [-0.1, -0.05) is 17.7 Å². The number of carbonyl (C=O) groups excluding carboxylic acids is 1. The molecule has 0 fully saturated rings. The van der Waals surface area contributed by atoms with Crippen molar-refractivity contribution in [2.75, 3.05) is 5.32 Å². The van der Waals surface area contributed by atoms with E-state index in [0.29, 0.717) is 0 Å². The van der Waals surface area contributed by atoms with Crippen molar-refractivity contribution in [3.05, 3.63) is 68.7 Å². The van der Waals surface area contributed by atoms with Crippen LogP contribution in [0.25, 0.3) is 0 Å². The van der Waals surface area contributed by atoms with Gasteiger partial charge >= 0.3 is 0 Å². The zero-order chi connectivity index (χ0) is 16.3. The summed E-state index contributed by atoms with van der Waals surface area (Å²) in [6.07, 6.45) is -0.423. The highest BCUT2D eigenvalue weighted by Crippen LogP contribution is 2.23. The molecule has 5 nitrogen and oxygen atoms in total. The number of rotatable bonds is 4. The summed E-state index contributed by atoms with van der Waals surface area (Å²) in [6, 6.07) is 6.67. The Labute approximate surface area is 128 Å². The second-order valence-corrected chi connectivity index (χ2v) is 4.75. The third-order valence-electron chi connectivity index (χ3n) is 2.83. The van der Waals surface area contributed by atoms with Crippen LogP contribution in [0, 0.1) is 21.7 Å². The van der Waals surface area contributed by atoms with Crippen LogP contribution in [0.5, 0.6) is 0 Å². The van der Waals surface area contributed by atoms with Crippen LogP contribution >= 0.6 is 11.6 Å². The largest absolute Gasteiger partial charge is 0.323 e. The molecule has 0 aromatic heterocycles. The predicted octanol–water partition coefficient (Wildman–Crippen LogP) is 3.71. The molecular weight excluding hydrogens is 318 g/mol. The van der Waals surface area contributed by atoms with Crippen LogP contribution in [0.4, 0.5) is 20.2 Å².